The minimum absolute atomic E-state index is 0.0899. The summed E-state index contributed by atoms with van der Waals surface area (Å²) in [4.78, 5) is 30.8. The largest absolute Gasteiger partial charge is 0.350 e. The number of aromatic nitrogens is 3. The Morgan fingerprint density at radius 3 is 2.81 bits per heavy atom. The first kappa shape index (κ1) is 16.8. The zero-order valence-corrected chi connectivity index (χ0v) is 14.9. The Labute approximate surface area is 152 Å². The van der Waals surface area contributed by atoms with E-state index in [0.717, 1.165) is 24.1 Å². The van der Waals surface area contributed by atoms with Crippen LogP contribution in [0.2, 0.25) is 0 Å². The number of hydrogen-bond donors (Lipinski definition) is 1. The molecule has 0 saturated carbocycles. The Morgan fingerprint density at radius 1 is 1.35 bits per heavy atom. The predicted octanol–water partition coefficient (Wildman–Crippen LogP) is 1.02. The van der Waals surface area contributed by atoms with Crippen LogP contribution in [0.5, 0.6) is 0 Å². The quantitative estimate of drug-likeness (QED) is 0.893. The van der Waals surface area contributed by atoms with Gasteiger partial charge in [-0.15, -0.1) is 0 Å². The van der Waals surface area contributed by atoms with Crippen LogP contribution in [0.4, 0.5) is 0 Å². The maximum Gasteiger partial charge on any atom is 0.228 e. The van der Waals surface area contributed by atoms with Crippen LogP contribution in [0.15, 0.2) is 36.8 Å². The van der Waals surface area contributed by atoms with E-state index in [0.29, 0.717) is 25.9 Å². The van der Waals surface area contributed by atoms with Gasteiger partial charge in [0, 0.05) is 50.6 Å². The van der Waals surface area contributed by atoms with Gasteiger partial charge in [-0.2, -0.15) is 5.10 Å². The van der Waals surface area contributed by atoms with Crippen molar-refractivity contribution in [2.45, 2.75) is 37.1 Å². The van der Waals surface area contributed by atoms with E-state index in [-0.39, 0.29) is 23.3 Å². The molecule has 2 aromatic rings. The van der Waals surface area contributed by atoms with Crippen molar-refractivity contribution in [2.75, 3.05) is 13.1 Å². The molecular formula is C19H23N5O2. The van der Waals surface area contributed by atoms with Gasteiger partial charge in [-0.1, -0.05) is 6.07 Å². The van der Waals surface area contributed by atoms with E-state index >= 15 is 0 Å². The van der Waals surface area contributed by atoms with Crippen molar-refractivity contribution in [3.8, 4) is 0 Å². The summed E-state index contributed by atoms with van der Waals surface area (Å²) in [6, 6.07) is 5.62. The molecule has 0 aliphatic carbocycles. The summed E-state index contributed by atoms with van der Waals surface area (Å²) in [5.41, 5.74) is 1.63. The number of nitrogens with zero attached hydrogens (tertiary/aromatic N) is 4. The lowest BCUT2D eigenvalue weighted by Gasteiger charge is -2.42. The molecule has 1 spiro atoms. The first-order valence-corrected chi connectivity index (χ1v) is 9.03. The summed E-state index contributed by atoms with van der Waals surface area (Å²) < 4.78 is 1.78. The third-order valence-corrected chi connectivity index (χ3v) is 5.64. The number of rotatable bonds is 3. The number of carbonyl (C=O) groups excluding carboxylic acids is 2. The van der Waals surface area contributed by atoms with E-state index in [4.69, 9.17) is 0 Å². The Morgan fingerprint density at radius 2 is 2.15 bits per heavy atom. The number of pyridine rings is 1. The standard InChI is InChI=1S/C19H23N5O2/c1-23-13-14(12-21-23)16-11-17(25)22-19(16)5-8-24(9-6-19)18(26)10-15-4-2-3-7-20-15/h2-4,7,12-13,16H,5-6,8-11H2,1H3,(H,22,25)/t16-/m1/s1. The fourth-order valence-electron chi connectivity index (χ4n) is 4.25. The smallest absolute Gasteiger partial charge is 0.228 e. The molecule has 136 valence electrons. The van der Waals surface area contributed by atoms with Crippen molar-refractivity contribution >= 4 is 11.8 Å². The van der Waals surface area contributed by atoms with Crippen LogP contribution in [0.3, 0.4) is 0 Å². The molecule has 0 radical (unpaired) electrons. The molecule has 0 aromatic carbocycles. The van der Waals surface area contributed by atoms with Gasteiger partial charge in [-0.25, -0.2) is 0 Å². The zero-order valence-electron chi connectivity index (χ0n) is 14.9. The normalized spacial score (nSPS) is 21.8. The highest BCUT2D eigenvalue weighted by Gasteiger charge is 2.49. The number of hydrogen-bond acceptors (Lipinski definition) is 4. The molecular weight excluding hydrogens is 330 g/mol. The van der Waals surface area contributed by atoms with Crippen molar-refractivity contribution < 1.29 is 9.59 Å². The molecule has 2 saturated heterocycles. The minimum Gasteiger partial charge on any atom is -0.350 e. The SMILES string of the molecule is Cn1cc([C@H]2CC(=O)NC23CCN(C(=O)Cc2ccccn2)CC3)cn1. The van der Waals surface area contributed by atoms with Crippen molar-refractivity contribution in [2.24, 2.45) is 7.05 Å². The number of nitrogens with one attached hydrogen (secondary N) is 1. The molecule has 0 unspecified atom stereocenters. The van der Waals surface area contributed by atoms with E-state index in [9.17, 15) is 9.59 Å². The minimum atomic E-state index is -0.262. The first-order chi connectivity index (χ1) is 12.6. The fourth-order valence-corrected chi connectivity index (χ4v) is 4.25. The summed E-state index contributed by atoms with van der Waals surface area (Å²) in [5, 5.41) is 7.47. The molecule has 4 heterocycles. The van der Waals surface area contributed by atoms with Gasteiger partial charge >= 0.3 is 0 Å². The van der Waals surface area contributed by atoms with Crippen molar-refractivity contribution in [3.05, 3.63) is 48.0 Å². The fraction of sp³-hybridized carbons (Fsp3) is 0.474. The van der Waals surface area contributed by atoms with Crippen LogP contribution in [0.1, 0.15) is 36.4 Å². The maximum atomic E-state index is 12.6. The van der Waals surface area contributed by atoms with Gasteiger partial charge in [0.25, 0.3) is 0 Å². The van der Waals surface area contributed by atoms with Crippen LogP contribution in [-0.2, 0) is 23.1 Å². The third kappa shape index (κ3) is 3.09. The summed E-state index contributed by atoms with van der Waals surface area (Å²) in [7, 11) is 1.89. The summed E-state index contributed by atoms with van der Waals surface area (Å²) >= 11 is 0. The third-order valence-electron chi connectivity index (χ3n) is 5.64. The summed E-state index contributed by atoms with van der Waals surface area (Å²) in [6.07, 6.45) is 7.91. The van der Waals surface area contributed by atoms with Gasteiger partial charge in [0.05, 0.1) is 18.2 Å². The lowest BCUT2D eigenvalue weighted by atomic mass is 9.75. The van der Waals surface area contributed by atoms with Gasteiger partial charge in [-0.05, 0) is 30.5 Å². The molecule has 2 aromatic heterocycles. The molecule has 2 fully saturated rings. The topological polar surface area (TPSA) is 80.1 Å². The molecule has 1 N–H and O–H groups in total. The van der Waals surface area contributed by atoms with Gasteiger partial charge in [-0.3, -0.25) is 19.3 Å². The van der Waals surface area contributed by atoms with Crippen molar-refractivity contribution in [1.82, 2.24) is 25.0 Å². The Kier molecular flexibility index (Phi) is 4.22. The highest BCUT2D eigenvalue weighted by atomic mass is 16.2. The molecule has 7 nitrogen and oxygen atoms in total. The van der Waals surface area contributed by atoms with E-state index in [1.54, 1.807) is 10.9 Å². The molecule has 0 bridgehead atoms. The monoisotopic (exact) mass is 353 g/mol. The van der Waals surface area contributed by atoms with Crippen LogP contribution >= 0.6 is 0 Å². The average Bonchev–Trinajstić information content (AvgIpc) is 3.19. The second-order valence-electron chi connectivity index (χ2n) is 7.29. The van der Waals surface area contributed by atoms with Crippen LogP contribution in [0.25, 0.3) is 0 Å². The van der Waals surface area contributed by atoms with Gasteiger partial charge < -0.3 is 10.2 Å². The Hall–Kier alpha value is -2.70. The molecule has 26 heavy (non-hydrogen) atoms. The second-order valence-corrected chi connectivity index (χ2v) is 7.29. The molecule has 1 atom stereocenters. The van der Waals surface area contributed by atoms with E-state index in [2.05, 4.69) is 15.4 Å². The summed E-state index contributed by atoms with van der Waals surface area (Å²) in [5.74, 6) is 0.310. The lowest BCUT2D eigenvalue weighted by Crippen LogP contribution is -2.54. The van der Waals surface area contributed by atoms with Crippen LogP contribution in [-0.4, -0.2) is 50.1 Å². The van der Waals surface area contributed by atoms with Crippen molar-refractivity contribution in [3.63, 3.8) is 0 Å². The highest BCUT2D eigenvalue weighted by molar-refractivity contribution is 5.82. The zero-order chi connectivity index (χ0) is 18.1. The van der Waals surface area contributed by atoms with Gasteiger partial charge in [0.2, 0.25) is 11.8 Å². The average molecular weight is 353 g/mol. The van der Waals surface area contributed by atoms with Crippen LogP contribution < -0.4 is 5.32 Å². The molecule has 7 heteroatoms. The van der Waals surface area contributed by atoms with Gasteiger partial charge in [0.1, 0.15) is 0 Å². The Balaban J connectivity index is 1.44. The molecule has 2 aliphatic rings. The maximum absolute atomic E-state index is 12.6. The molecule has 2 amide bonds. The van der Waals surface area contributed by atoms with E-state index in [1.165, 1.54) is 0 Å². The van der Waals surface area contributed by atoms with Crippen LogP contribution in [0, 0.1) is 0 Å². The number of aryl methyl sites for hydroxylation is 1. The number of piperidine rings is 1. The predicted molar refractivity (Wildman–Crippen MR) is 95.2 cm³/mol. The second kappa shape index (κ2) is 6.55. The molecule has 4 rings (SSSR count). The highest BCUT2D eigenvalue weighted by Crippen LogP contribution is 2.43. The molecule has 2 aliphatic heterocycles. The first-order valence-electron chi connectivity index (χ1n) is 9.03. The number of likely N-dealkylation sites (tertiary alicyclic amines) is 1. The van der Waals surface area contributed by atoms with Crippen molar-refractivity contribution in [1.29, 1.82) is 0 Å². The summed E-state index contributed by atoms with van der Waals surface area (Å²) in [6.45, 7) is 1.31. The lowest BCUT2D eigenvalue weighted by molar-refractivity contribution is -0.132. The van der Waals surface area contributed by atoms with E-state index in [1.807, 2.05) is 42.5 Å². The van der Waals surface area contributed by atoms with E-state index < -0.39 is 0 Å². The number of amides is 2. The number of carbonyl (C=O) groups is 2. The van der Waals surface area contributed by atoms with Gasteiger partial charge in [0.15, 0.2) is 0 Å². The Bertz CT molecular complexity index is 808.